The second-order valence-electron chi connectivity index (χ2n) is 12.6. The number of pyridine rings is 1. The number of hydrogen-bond acceptors (Lipinski definition) is 10. The highest BCUT2D eigenvalue weighted by atomic mass is 35.5. The van der Waals surface area contributed by atoms with Gasteiger partial charge in [0.15, 0.2) is 0 Å². The van der Waals surface area contributed by atoms with E-state index in [9.17, 15) is 9.18 Å². The number of fused-ring (bicyclic) bond motifs is 1. The van der Waals surface area contributed by atoms with E-state index in [0.717, 1.165) is 62.4 Å². The number of nitrogens with one attached hydrogen (secondary N) is 1. The molecule has 5 aromatic rings. The van der Waals surface area contributed by atoms with Crippen LogP contribution < -0.4 is 14.8 Å². The van der Waals surface area contributed by atoms with Crippen LogP contribution in [-0.2, 0) is 29.0 Å². The number of likely N-dealkylation sites (tertiary alicyclic amines) is 1. The summed E-state index contributed by atoms with van der Waals surface area (Å²) in [5.41, 5.74) is 3.34. The summed E-state index contributed by atoms with van der Waals surface area (Å²) in [5, 5.41) is 3.32. The van der Waals surface area contributed by atoms with Crippen molar-refractivity contribution in [1.29, 1.82) is 0 Å². The third-order valence-corrected chi connectivity index (χ3v) is 9.27. The molecule has 1 unspecified atom stereocenters. The Morgan fingerprint density at radius 2 is 1.88 bits per heavy atom. The van der Waals surface area contributed by atoms with Gasteiger partial charge in [0.1, 0.15) is 30.2 Å². The molecule has 0 spiro atoms. The van der Waals surface area contributed by atoms with Crippen LogP contribution in [0.1, 0.15) is 46.8 Å². The van der Waals surface area contributed by atoms with Crippen LogP contribution in [0.2, 0.25) is 5.02 Å². The molecule has 1 amide bonds. The molecule has 2 fully saturated rings. The fraction of sp³-hybridized carbons (Fsp3) is 0.378. The molecule has 14 heteroatoms. The molecule has 1 N–H and O–H groups in total. The van der Waals surface area contributed by atoms with Gasteiger partial charge in [-0.1, -0.05) is 17.7 Å². The minimum Gasteiger partial charge on any atom is -0.475 e. The maximum atomic E-state index is 14.3. The van der Waals surface area contributed by atoms with E-state index in [1.54, 1.807) is 43.6 Å². The predicted molar refractivity (Wildman–Crippen MR) is 189 cm³/mol. The number of methoxy groups -OCH3 is 1. The SMILES string of the molecule is COCCOc1ccc(C(=O)Nc2ccc3c(c2)nc(CN2CCC(Oc4ccnc(Cc5ccc(Cl)cc5F)n4)CC2)n3CC2CCO2)cn1. The van der Waals surface area contributed by atoms with Gasteiger partial charge in [-0.25, -0.2) is 19.3 Å². The third kappa shape index (κ3) is 8.79. The fourth-order valence-electron chi connectivity index (χ4n) is 6.17. The van der Waals surface area contributed by atoms with Crippen LogP contribution >= 0.6 is 11.6 Å². The fourth-order valence-corrected chi connectivity index (χ4v) is 6.33. The molecule has 7 rings (SSSR count). The molecule has 3 aromatic heterocycles. The Morgan fingerprint density at radius 3 is 2.63 bits per heavy atom. The molecule has 1 atom stereocenters. The van der Waals surface area contributed by atoms with Crippen LogP contribution in [0.15, 0.2) is 67.0 Å². The Labute approximate surface area is 299 Å². The molecule has 0 aliphatic carbocycles. The summed E-state index contributed by atoms with van der Waals surface area (Å²) in [5.74, 6) is 1.69. The lowest BCUT2D eigenvalue weighted by molar-refractivity contribution is -0.0592. The average Bonchev–Trinajstić information content (AvgIpc) is 3.44. The van der Waals surface area contributed by atoms with Crippen LogP contribution in [-0.4, -0.2) is 87.5 Å². The van der Waals surface area contributed by atoms with Gasteiger partial charge in [-0.3, -0.25) is 9.69 Å². The molecule has 5 heterocycles. The number of piperidine rings is 1. The van der Waals surface area contributed by atoms with Gasteiger partial charge in [-0.2, -0.15) is 4.98 Å². The van der Waals surface area contributed by atoms with Crippen molar-refractivity contribution in [2.75, 3.05) is 45.3 Å². The van der Waals surface area contributed by atoms with E-state index < -0.39 is 0 Å². The molecule has 12 nitrogen and oxygen atoms in total. The lowest BCUT2D eigenvalue weighted by atomic mass is 10.1. The summed E-state index contributed by atoms with van der Waals surface area (Å²) in [6, 6.07) is 15.5. The Balaban J connectivity index is 0.975. The summed E-state index contributed by atoms with van der Waals surface area (Å²) < 4.78 is 39.1. The summed E-state index contributed by atoms with van der Waals surface area (Å²) in [7, 11) is 1.60. The first-order chi connectivity index (χ1) is 24.9. The molecule has 0 bridgehead atoms. The lowest BCUT2D eigenvalue weighted by Gasteiger charge is -2.32. The molecular formula is C37H39ClFN7O5. The van der Waals surface area contributed by atoms with Crippen LogP contribution in [0.5, 0.6) is 11.8 Å². The topological polar surface area (TPSA) is 126 Å². The van der Waals surface area contributed by atoms with E-state index in [1.807, 2.05) is 18.2 Å². The predicted octanol–water partition coefficient (Wildman–Crippen LogP) is 5.71. The zero-order valence-corrected chi connectivity index (χ0v) is 29.0. The number of aromatic nitrogens is 5. The van der Waals surface area contributed by atoms with Gasteiger partial charge in [0, 0.05) is 68.5 Å². The van der Waals surface area contributed by atoms with Gasteiger partial charge in [0.25, 0.3) is 5.91 Å². The Kier molecular flexibility index (Phi) is 11.0. The number of carbonyl (C=O) groups excluding carboxylic acids is 1. The van der Waals surface area contributed by atoms with Crippen LogP contribution in [0.3, 0.4) is 0 Å². The number of amides is 1. The normalized spacial score (nSPS) is 16.6. The zero-order chi connectivity index (χ0) is 35.2. The second kappa shape index (κ2) is 16.1. The third-order valence-electron chi connectivity index (χ3n) is 9.03. The summed E-state index contributed by atoms with van der Waals surface area (Å²) in [6.45, 7) is 4.65. The van der Waals surface area contributed by atoms with Gasteiger partial charge in [-0.05, 0) is 61.2 Å². The summed E-state index contributed by atoms with van der Waals surface area (Å²) >= 11 is 5.89. The van der Waals surface area contributed by atoms with Crippen molar-refractivity contribution in [3.63, 3.8) is 0 Å². The zero-order valence-electron chi connectivity index (χ0n) is 28.3. The number of carbonyl (C=O) groups is 1. The van der Waals surface area contributed by atoms with Crippen molar-refractivity contribution in [2.24, 2.45) is 0 Å². The highest BCUT2D eigenvalue weighted by molar-refractivity contribution is 6.30. The number of imidazole rings is 1. The molecule has 266 valence electrons. The van der Waals surface area contributed by atoms with E-state index in [-0.39, 0.29) is 30.4 Å². The van der Waals surface area contributed by atoms with Crippen molar-refractivity contribution in [1.82, 2.24) is 29.4 Å². The maximum absolute atomic E-state index is 14.3. The number of anilines is 1. The molecule has 2 aromatic carbocycles. The first-order valence-electron chi connectivity index (χ1n) is 17.0. The highest BCUT2D eigenvalue weighted by Crippen LogP contribution is 2.27. The first-order valence-corrected chi connectivity index (χ1v) is 17.4. The Hall–Kier alpha value is -4.69. The van der Waals surface area contributed by atoms with E-state index in [2.05, 4.69) is 29.7 Å². The van der Waals surface area contributed by atoms with Crippen LogP contribution in [0, 0.1) is 5.82 Å². The molecule has 0 radical (unpaired) electrons. The second-order valence-corrected chi connectivity index (χ2v) is 13.1. The number of benzene rings is 2. The Morgan fingerprint density at radius 1 is 1.02 bits per heavy atom. The van der Waals surface area contributed by atoms with E-state index in [1.165, 1.54) is 12.3 Å². The van der Waals surface area contributed by atoms with Crippen molar-refractivity contribution in [3.05, 3.63) is 101 Å². The van der Waals surface area contributed by atoms with Crippen molar-refractivity contribution in [3.8, 4) is 11.8 Å². The molecule has 0 saturated carbocycles. The number of ether oxygens (including phenoxy) is 4. The molecule has 51 heavy (non-hydrogen) atoms. The molecule has 2 saturated heterocycles. The van der Waals surface area contributed by atoms with E-state index in [4.69, 9.17) is 35.5 Å². The quantitative estimate of drug-likeness (QED) is 0.143. The van der Waals surface area contributed by atoms with E-state index >= 15 is 0 Å². The summed E-state index contributed by atoms with van der Waals surface area (Å²) in [6.07, 6.45) is 6.19. The Bertz CT molecular complexity index is 1970. The van der Waals surface area contributed by atoms with Crippen molar-refractivity contribution >= 4 is 34.2 Å². The van der Waals surface area contributed by atoms with Crippen molar-refractivity contribution < 1.29 is 28.1 Å². The van der Waals surface area contributed by atoms with Crippen LogP contribution in [0.4, 0.5) is 10.1 Å². The van der Waals surface area contributed by atoms with Gasteiger partial charge >= 0.3 is 0 Å². The standard InChI is InChI=1S/C37H39ClFN7O5/c1-48-16-17-50-35-7-3-25(21-41-35)37(47)42-27-5-6-32-31(20-27)43-34(46(32)22-29-11-15-49-29)23-45-13-9-28(10-14-45)51-36-8-12-40-33(44-36)18-24-2-4-26(38)19-30(24)39/h2-8,12,19-21,28-29H,9-11,13-18,22-23H2,1H3,(H,42,47). The van der Waals surface area contributed by atoms with Gasteiger partial charge in [0.05, 0.1) is 42.4 Å². The van der Waals surface area contributed by atoms with Crippen molar-refractivity contribution in [2.45, 2.75) is 51.0 Å². The first kappa shape index (κ1) is 34.7. The molecular weight excluding hydrogens is 677 g/mol. The number of rotatable bonds is 14. The number of nitrogens with zero attached hydrogens (tertiary/aromatic N) is 6. The molecule has 2 aliphatic rings. The minimum absolute atomic E-state index is 0.000724. The lowest BCUT2D eigenvalue weighted by Crippen LogP contribution is -2.39. The molecule has 2 aliphatic heterocycles. The smallest absolute Gasteiger partial charge is 0.257 e. The highest BCUT2D eigenvalue weighted by Gasteiger charge is 2.26. The van der Waals surface area contributed by atoms with Crippen LogP contribution in [0.25, 0.3) is 11.0 Å². The number of hydrogen-bond donors (Lipinski definition) is 1. The van der Waals surface area contributed by atoms with Gasteiger partial charge < -0.3 is 28.8 Å². The largest absolute Gasteiger partial charge is 0.475 e. The summed E-state index contributed by atoms with van der Waals surface area (Å²) in [4.78, 5) is 33.5. The monoisotopic (exact) mass is 715 g/mol. The van der Waals surface area contributed by atoms with Gasteiger partial charge in [0.2, 0.25) is 11.8 Å². The van der Waals surface area contributed by atoms with E-state index in [0.29, 0.717) is 59.2 Å². The number of halogens is 2. The van der Waals surface area contributed by atoms with Gasteiger partial charge in [-0.15, -0.1) is 0 Å². The average molecular weight is 716 g/mol. The maximum Gasteiger partial charge on any atom is 0.257 e. The minimum atomic E-state index is -0.383.